The quantitative estimate of drug-likeness (QED) is 0.898. The lowest BCUT2D eigenvalue weighted by Gasteiger charge is -2.37. The molecule has 1 aromatic rings. The maximum atomic E-state index is 5.33. The van der Waals surface area contributed by atoms with Gasteiger partial charge in [-0.25, -0.2) is 0 Å². The molecule has 0 aromatic carbocycles. The van der Waals surface area contributed by atoms with E-state index in [9.17, 15) is 0 Å². The number of nitrogens with one attached hydrogen (secondary N) is 1. The number of hydrogen-bond acceptors (Lipinski definition) is 6. The van der Waals surface area contributed by atoms with E-state index in [0.29, 0.717) is 5.92 Å². The van der Waals surface area contributed by atoms with Crippen molar-refractivity contribution in [2.24, 2.45) is 0 Å². The van der Waals surface area contributed by atoms with Gasteiger partial charge in [0, 0.05) is 44.7 Å². The van der Waals surface area contributed by atoms with Gasteiger partial charge >= 0.3 is 0 Å². The predicted octanol–water partition coefficient (Wildman–Crippen LogP) is 1.09. The van der Waals surface area contributed by atoms with Crippen molar-refractivity contribution in [3.05, 3.63) is 11.7 Å². The minimum absolute atomic E-state index is 0. The van der Waals surface area contributed by atoms with Crippen LogP contribution in [0.4, 0.5) is 0 Å². The summed E-state index contributed by atoms with van der Waals surface area (Å²) in [5, 5.41) is 7.47. The summed E-state index contributed by atoms with van der Waals surface area (Å²) in [6.45, 7) is 11.8. The Hall–Kier alpha value is -0.690. The fourth-order valence-corrected chi connectivity index (χ4v) is 3.00. The number of hydrogen-bond donors (Lipinski definition) is 1. The zero-order valence-electron chi connectivity index (χ0n) is 12.9. The van der Waals surface area contributed by atoms with Gasteiger partial charge in [0.2, 0.25) is 5.89 Å². The van der Waals surface area contributed by atoms with E-state index in [0.717, 1.165) is 57.0 Å². The Morgan fingerprint density at radius 3 is 2.62 bits per heavy atom. The van der Waals surface area contributed by atoms with Crippen LogP contribution in [-0.2, 0) is 6.54 Å². The molecule has 1 N–H and O–H groups in total. The van der Waals surface area contributed by atoms with Gasteiger partial charge in [-0.3, -0.25) is 9.80 Å². The maximum absolute atomic E-state index is 5.33. The molecule has 0 aliphatic carbocycles. The minimum Gasteiger partial charge on any atom is -0.338 e. The molecule has 1 aromatic heterocycles. The number of nitrogens with zero attached hydrogens (tertiary/aromatic N) is 4. The number of aromatic nitrogens is 2. The number of piperazine rings is 1. The number of rotatable bonds is 4. The van der Waals surface area contributed by atoms with E-state index in [-0.39, 0.29) is 12.4 Å². The third-order valence-electron chi connectivity index (χ3n) is 4.32. The molecular weight excluding hydrogens is 290 g/mol. The first-order valence-corrected chi connectivity index (χ1v) is 7.72. The van der Waals surface area contributed by atoms with Crippen molar-refractivity contribution < 1.29 is 4.52 Å². The van der Waals surface area contributed by atoms with Crippen LogP contribution in [0.2, 0.25) is 0 Å². The zero-order valence-corrected chi connectivity index (χ0v) is 13.7. The largest absolute Gasteiger partial charge is 0.338 e. The van der Waals surface area contributed by atoms with Crippen LogP contribution in [0, 0.1) is 0 Å². The van der Waals surface area contributed by atoms with Gasteiger partial charge < -0.3 is 9.84 Å². The Kier molecular flexibility index (Phi) is 5.98. The highest BCUT2D eigenvalue weighted by atomic mass is 35.5. The molecule has 21 heavy (non-hydrogen) atoms. The lowest BCUT2D eigenvalue weighted by Crippen LogP contribution is -2.50. The van der Waals surface area contributed by atoms with Crippen LogP contribution >= 0.6 is 12.4 Å². The Balaban J connectivity index is 0.00000161. The van der Waals surface area contributed by atoms with Crippen molar-refractivity contribution in [2.75, 3.05) is 39.3 Å². The molecule has 3 heterocycles. The molecule has 0 radical (unpaired) electrons. The summed E-state index contributed by atoms with van der Waals surface area (Å²) in [6, 6.07) is 0.744. The highest BCUT2D eigenvalue weighted by molar-refractivity contribution is 5.85. The first kappa shape index (κ1) is 16.7. The monoisotopic (exact) mass is 315 g/mol. The summed E-state index contributed by atoms with van der Waals surface area (Å²) < 4.78 is 5.33. The molecule has 1 unspecified atom stereocenters. The van der Waals surface area contributed by atoms with Gasteiger partial charge in [-0.1, -0.05) is 19.0 Å². The lowest BCUT2D eigenvalue weighted by molar-refractivity contribution is 0.0908. The van der Waals surface area contributed by atoms with Gasteiger partial charge in [0.25, 0.3) is 0 Å². The van der Waals surface area contributed by atoms with E-state index in [1.165, 1.54) is 13.0 Å². The Bertz CT molecular complexity index is 425. The molecular formula is C14H26ClN5O. The second-order valence-corrected chi connectivity index (χ2v) is 6.16. The number of halogens is 1. The molecule has 120 valence electrons. The van der Waals surface area contributed by atoms with Crippen molar-refractivity contribution in [2.45, 2.75) is 38.8 Å². The average Bonchev–Trinajstić information content (AvgIpc) is 3.10. The first-order valence-electron chi connectivity index (χ1n) is 7.72. The second kappa shape index (κ2) is 7.54. The van der Waals surface area contributed by atoms with Crippen LogP contribution < -0.4 is 5.32 Å². The van der Waals surface area contributed by atoms with Gasteiger partial charge in [0.15, 0.2) is 5.82 Å². The van der Waals surface area contributed by atoms with E-state index in [4.69, 9.17) is 4.52 Å². The first-order chi connectivity index (χ1) is 9.72. The highest BCUT2D eigenvalue weighted by Crippen LogP contribution is 2.15. The lowest BCUT2D eigenvalue weighted by atomic mass is 10.2. The SMILES string of the molecule is CC(C)c1noc(CN2CCN(C3CCNC3)CC2)n1.Cl. The van der Waals surface area contributed by atoms with Crippen LogP contribution in [0.5, 0.6) is 0 Å². The molecule has 0 spiro atoms. The molecule has 1 atom stereocenters. The molecule has 2 fully saturated rings. The molecule has 0 saturated carbocycles. The summed E-state index contributed by atoms with van der Waals surface area (Å²) in [7, 11) is 0. The minimum atomic E-state index is 0. The predicted molar refractivity (Wildman–Crippen MR) is 83.8 cm³/mol. The van der Waals surface area contributed by atoms with E-state index in [1.54, 1.807) is 0 Å². The van der Waals surface area contributed by atoms with Crippen molar-refractivity contribution in [3.8, 4) is 0 Å². The molecule has 2 saturated heterocycles. The topological polar surface area (TPSA) is 57.4 Å². The standard InChI is InChI=1S/C14H25N5O.ClH/c1-11(2)14-16-13(20-17-14)10-18-5-7-19(8-6-18)12-3-4-15-9-12;/h11-12,15H,3-10H2,1-2H3;1H. The molecule has 3 rings (SSSR count). The highest BCUT2D eigenvalue weighted by Gasteiger charge is 2.26. The third kappa shape index (κ3) is 4.16. The summed E-state index contributed by atoms with van der Waals surface area (Å²) in [6.07, 6.45) is 1.29. The van der Waals surface area contributed by atoms with Gasteiger partial charge in [0.1, 0.15) is 0 Å². The third-order valence-corrected chi connectivity index (χ3v) is 4.32. The van der Waals surface area contributed by atoms with Gasteiger partial charge in [-0.2, -0.15) is 4.98 Å². The second-order valence-electron chi connectivity index (χ2n) is 6.16. The van der Waals surface area contributed by atoms with Crippen molar-refractivity contribution in [3.63, 3.8) is 0 Å². The Morgan fingerprint density at radius 2 is 2.05 bits per heavy atom. The maximum Gasteiger partial charge on any atom is 0.240 e. The molecule has 0 bridgehead atoms. The molecule has 0 amide bonds. The summed E-state index contributed by atoms with van der Waals surface area (Å²) in [5.41, 5.74) is 0. The summed E-state index contributed by atoms with van der Waals surface area (Å²) >= 11 is 0. The van der Waals surface area contributed by atoms with E-state index in [2.05, 4.69) is 39.1 Å². The zero-order chi connectivity index (χ0) is 13.9. The van der Waals surface area contributed by atoms with Crippen molar-refractivity contribution in [1.82, 2.24) is 25.3 Å². The molecule has 2 aliphatic heterocycles. The van der Waals surface area contributed by atoms with Crippen LogP contribution in [0.3, 0.4) is 0 Å². The summed E-state index contributed by atoms with van der Waals surface area (Å²) in [5.74, 6) is 1.90. The van der Waals surface area contributed by atoms with E-state index < -0.39 is 0 Å². The Morgan fingerprint density at radius 1 is 1.29 bits per heavy atom. The van der Waals surface area contributed by atoms with Gasteiger partial charge in [-0.15, -0.1) is 12.4 Å². The fraction of sp³-hybridized carbons (Fsp3) is 0.857. The van der Waals surface area contributed by atoms with Crippen LogP contribution in [0.1, 0.15) is 37.9 Å². The van der Waals surface area contributed by atoms with Crippen LogP contribution in [0.15, 0.2) is 4.52 Å². The normalized spacial score (nSPS) is 24.4. The van der Waals surface area contributed by atoms with Crippen molar-refractivity contribution in [1.29, 1.82) is 0 Å². The molecule has 7 heteroatoms. The van der Waals surface area contributed by atoms with Crippen LogP contribution in [0.25, 0.3) is 0 Å². The van der Waals surface area contributed by atoms with Gasteiger partial charge in [-0.05, 0) is 13.0 Å². The van der Waals surface area contributed by atoms with Crippen LogP contribution in [-0.4, -0.2) is 65.3 Å². The van der Waals surface area contributed by atoms with E-state index in [1.807, 2.05) is 0 Å². The molecule has 2 aliphatic rings. The van der Waals surface area contributed by atoms with Gasteiger partial charge in [0.05, 0.1) is 6.54 Å². The van der Waals surface area contributed by atoms with Crippen molar-refractivity contribution >= 4 is 12.4 Å². The molecule has 6 nitrogen and oxygen atoms in total. The average molecular weight is 316 g/mol. The smallest absolute Gasteiger partial charge is 0.240 e. The fourth-order valence-electron chi connectivity index (χ4n) is 3.00. The summed E-state index contributed by atoms with van der Waals surface area (Å²) in [4.78, 5) is 9.49. The van der Waals surface area contributed by atoms with E-state index >= 15 is 0 Å². The Labute approximate surface area is 132 Å².